The van der Waals surface area contributed by atoms with Gasteiger partial charge in [-0.1, -0.05) is 60.3 Å². The number of benzene rings is 2. The van der Waals surface area contributed by atoms with Crippen molar-refractivity contribution in [2.24, 2.45) is 21.5 Å². The van der Waals surface area contributed by atoms with Gasteiger partial charge in [0.2, 0.25) is 11.8 Å². The van der Waals surface area contributed by atoms with Gasteiger partial charge in [0.25, 0.3) is 0 Å². The summed E-state index contributed by atoms with van der Waals surface area (Å²) in [5, 5.41) is 3.96. The van der Waals surface area contributed by atoms with Crippen molar-refractivity contribution < 1.29 is 9.26 Å². The van der Waals surface area contributed by atoms with Gasteiger partial charge in [0.05, 0.1) is 5.60 Å². The molecule has 0 unspecified atom stereocenters. The number of amidine groups is 1. The first kappa shape index (κ1) is 24.0. The lowest BCUT2D eigenvalue weighted by Gasteiger charge is -2.40. The molecule has 1 aliphatic rings. The predicted molar refractivity (Wildman–Crippen MR) is 137 cm³/mol. The quantitative estimate of drug-likeness (QED) is 0.395. The van der Waals surface area contributed by atoms with Crippen LogP contribution in [0, 0.1) is 0 Å². The van der Waals surface area contributed by atoms with E-state index in [0.29, 0.717) is 24.9 Å². The zero-order valence-corrected chi connectivity index (χ0v) is 20.0. The van der Waals surface area contributed by atoms with Crippen molar-refractivity contribution in [3.8, 4) is 0 Å². The third kappa shape index (κ3) is 5.33. The van der Waals surface area contributed by atoms with Crippen LogP contribution in [-0.4, -0.2) is 49.2 Å². The third-order valence-electron chi connectivity index (χ3n) is 6.19. The van der Waals surface area contributed by atoms with Crippen molar-refractivity contribution in [2.45, 2.75) is 18.4 Å². The lowest BCUT2D eigenvalue weighted by molar-refractivity contribution is -0.0352. The Hall–Kier alpha value is -4.18. The Morgan fingerprint density at radius 2 is 1.69 bits per heavy atom. The number of methoxy groups -OCH3 is 1. The van der Waals surface area contributed by atoms with E-state index in [-0.39, 0.29) is 23.2 Å². The Morgan fingerprint density at radius 3 is 2.31 bits per heavy atom. The molecule has 1 aliphatic heterocycles. The van der Waals surface area contributed by atoms with Gasteiger partial charge >= 0.3 is 6.01 Å². The van der Waals surface area contributed by atoms with Crippen LogP contribution in [0.25, 0.3) is 0 Å². The van der Waals surface area contributed by atoms with E-state index >= 15 is 0 Å². The van der Waals surface area contributed by atoms with Crippen LogP contribution in [0.3, 0.4) is 0 Å². The Bertz CT molecular complexity index is 1200. The lowest BCUT2D eigenvalue weighted by atomic mass is 9.84. The molecule has 1 fully saturated rings. The molecule has 10 heteroatoms. The maximum Gasteiger partial charge on any atom is 0.324 e. The molecule has 0 spiro atoms. The number of hydrogen-bond donors (Lipinski definition) is 2. The van der Waals surface area contributed by atoms with E-state index < -0.39 is 0 Å². The number of nitrogens with two attached hydrogens (primary N) is 2. The second kappa shape index (κ2) is 10.4. The molecule has 0 radical (unpaired) electrons. The molecule has 1 aromatic heterocycles. The number of piperidine rings is 1. The maximum atomic E-state index is 6.06. The molecule has 10 nitrogen and oxygen atoms in total. The van der Waals surface area contributed by atoms with Crippen LogP contribution in [-0.2, 0) is 10.3 Å². The summed E-state index contributed by atoms with van der Waals surface area (Å²) in [6.45, 7) is 5.32. The van der Waals surface area contributed by atoms with Gasteiger partial charge in [-0.25, -0.2) is 0 Å². The average molecular weight is 475 g/mol. The van der Waals surface area contributed by atoms with E-state index in [1.54, 1.807) is 12.0 Å². The van der Waals surface area contributed by atoms with E-state index in [1.165, 1.54) is 5.56 Å². The molecular weight excluding hydrogens is 444 g/mol. The molecule has 0 bridgehead atoms. The first-order chi connectivity index (χ1) is 16.9. The van der Waals surface area contributed by atoms with Gasteiger partial charge < -0.3 is 30.5 Å². The SMILES string of the molecule is C=C(/N=C(N)\N=C(/N)c1noc(N2CCC(OC)(c3ccccc3)CC2)n1)N(C)c1ccccc1. The fourth-order valence-corrected chi connectivity index (χ4v) is 4.07. The first-order valence-corrected chi connectivity index (χ1v) is 11.3. The normalized spacial score (nSPS) is 16.2. The van der Waals surface area contributed by atoms with Gasteiger partial charge in [0.1, 0.15) is 5.82 Å². The van der Waals surface area contributed by atoms with Crippen molar-refractivity contribution in [2.75, 3.05) is 37.0 Å². The number of aliphatic imine (C=N–C) groups is 2. The van der Waals surface area contributed by atoms with Crippen LogP contribution >= 0.6 is 0 Å². The molecule has 4 N–H and O–H groups in total. The summed E-state index contributed by atoms with van der Waals surface area (Å²) in [4.78, 5) is 16.5. The van der Waals surface area contributed by atoms with Crippen molar-refractivity contribution in [1.82, 2.24) is 10.1 Å². The largest absolute Gasteiger partial charge is 0.380 e. The van der Waals surface area contributed by atoms with E-state index in [1.807, 2.05) is 60.5 Å². The van der Waals surface area contributed by atoms with Crippen LogP contribution < -0.4 is 21.3 Å². The van der Waals surface area contributed by atoms with Gasteiger partial charge in [0, 0.05) is 32.9 Å². The van der Waals surface area contributed by atoms with E-state index in [4.69, 9.17) is 20.7 Å². The van der Waals surface area contributed by atoms with Crippen LogP contribution in [0.2, 0.25) is 0 Å². The standard InChI is InChI=1S/C25H30N8O2/c1-18(32(2)20-12-8-5-9-13-20)28-23(27)29-21(26)22-30-24(35-31-22)33-16-14-25(34-3,15-17-33)19-10-6-4-7-11-19/h4-13H,1,14-17H2,2-3H3,(H4,26,27,28,29). The highest BCUT2D eigenvalue weighted by Crippen LogP contribution is 2.37. The zero-order chi connectivity index (χ0) is 24.8. The van der Waals surface area contributed by atoms with Crippen LogP contribution in [0.15, 0.2) is 87.6 Å². The van der Waals surface area contributed by atoms with Crippen molar-refractivity contribution in [3.63, 3.8) is 0 Å². The number of hydrogen-bond acceptors (Lipinski definition) is 7. The number of nitrogens with zero attached hydrogens (tertiary/aromatic N) is 6. The molecule has 1 saturated heterocycles. The fourth-order valence-electron chi connectivity index (χ4n) is 4.07. The molecule has 0 amide bonds. The van der Waals surface area contributed by atoms with Gasteiger partial charge in [-0.05, 0) is 30.5 Å². The van der Waals surface area contributed by atoms with Gasteiger partial charge in [0.15, 0.2) is 5.84 Å². The molecule has 2 aromatic carbocycles. The van der Waals surface area contributed by atoms with Crippen LogP contribution in [0.4, 0.5) is 11.7 Å². The Kier molecular flexibility index (Phi) is 7.11. The zero-order valence-electron chi connectivity index (χ0n) is 20.0. The van der Waals surface area contributed by atoms with E-state index in [2.05, 4.69) is 38.8 Å². The van der Waals surface area contributed by atoms with Gasteiger partial charge in [-0.15, -0.1) is 0 Å². The summed E-state index contributed by atoms with van der Waals surface area (Å²) < 4.78 is 11.4. The number of aromatic nitrogens is 2. The number of guanidine groups is 1. The second-order valence-electron chi connectivity index (χ2n) is 8.23. The van der Waals surface area contributed by atoms with E-state index in [9.17, 15) is 0 Å². The molecule has 0 saturated carbocycles. The topological polar surface area (TPSA) is 131 Å². The molecule has 4 rings (SSSR count). The minimum absolute atomic E-state index is 0.00366. The Labute approximate surface area is 204 Å². The van der Waals surface area contributed by atoms with Crippen molar-refractivity contribution >= 4 is 23.5 Å². The molecule has 35 heavy (non-hydrogen) atoms. The number of ether oxygens (including phenoxy) is 1. The highest BCUT2D eigenvalue weighted by atomic mass is 16.5. The number of para-hydroxylation sites is 1. The Morgan fingerprint density at radius 1 is 1.06 bits per heavy atom. The highest BCUT2D eigenvalue weighted by molar-refractivity contribution is 6.02. The summed E-state index contributed by atoms with van der Waals surface area (Å²) in [6, 6.07) is 20.3. The molecule has 3 aromatic rings. The van der Waals surface area contributed by atoms with Crippen molar-refractivity contribution in [1.29, 1.82) is 0 Å². The smallest absolute Gasteiger partial charge is 0.324 e. The minimum Gasteiger partial charge on any atom is -0.380 e. The molecule has 2 heterocycles. The van der Waals surface area contributed by atoms with E-state index in [0.717, 1.165) is 18.5 Å². The summed E-state index contributed by atoms with van der Waals surface area (Å²) in [6.07, 6.45) is 1.57. The lowest BCUT2D eigenvalue weighted by Crippen LogP contribution is -2.44. The van der Waals surface area contributed by atoms with Crippen LogP contribution in [0.1, 0.15) is 24.2 Å². The minimum atomic E-state index is -0.332. The third-order valence-corrected chi connectivity index (χ3v) is 6.19. The number of anilines is 2. The van der Waals surface area contributed by atoms with Crippen LogP contribution in [0.5, 0.6) is 0 Å². The first-order valence-electron chi connectivity index (χ1n) is 11.3. The fraction of sp³-hybridized carbons (Fsp3) is 0.280. The summed E-state index contributed by atoms with van der Waals surface area (Å²) in [7, 11) is 3.59. The molecule has 0 aliphatic carbocycles. The predicted octanol–water partition coefficient (Wildman–Crippen LogP) is 2.84. The second-order valence-corrected chi connectivity index (χ2v) is 8.23. The number of rotatable bonds is 7. The average Bonchev–Trinajstić information content (AvgIpc) is 3.40. The Balaban J connectivity index is 1.41. The summed E-state index contributed by atoms with van der Waals surface area (Å²) >= 11 is 0. The van der Waals surface area contributed by atoms with Gasteiger partial charge in [-0.2, -0.15) is 15.0 Å². The highest BCUT2D eigenvalue weighted by Gasteiger charge is 2.37. The van der Waals surface area contributed by atoms with Crippen molar-refractivity contribution in [3.05, 3.63) is 84.5 Å². The van der Waals surface area contributed by atoms with Gasteiger partial charge in [-0.3, -0.25) is 0 Å². The summed E-state index contributed by atoms with van der Waals surface area (Å²) in [5.74, 6) is 0.496. The monoisotopic (exact) mass is 474 g/mol. The molecular formula is C25H30N8O2. The molecule has 0 atom stereocenters. The molecule has 182 valence electrons. The maximum absolute atomic E-state index is 6.06. The summed E-state index contributed by atoms with van der Waals surface area (Å²) in [5.41, 5.74) is 13.8.